The van der Waals surface area contributed by atoms with Crippen molar-refractivity contribution in [1.29, 1.82) is 0 Å². The Morgan fingerprint density at radius 2 is 1.52 bits per heavy atom. The van der Waals surface area contributed by atoms with Gasteiger partial charge in [0.25, 0.3) is 0 Å². The fourth-order valence-corrected chi connectivity index (χ4v) is 3.54. The summed E-state index contributed by atoms with van der Waals surface area (Å²) in [6, 6.07) is 20.8. The zero-order valence-electron chi connectivity index (χ0n) is 13.2. The Morgan fingerprint density at radius 1 is 0.880 bits per heavy atom. The molecule has 25 heavy (non-hydrogen) atoms. The molecule has 0 amide bonds. The van der Waals surface area contributed by atoms with Crippen molar-refractivity contribution in [3.05, 3.63) is 82.4 Å². The molecule has 124 valence electrons. The first-order valence-electron chi connectivity index (χ1n) is 7.61. The summed E-state index contributed by atoms with van der Waals surface area (Å²) in [6.07, 6.45) is 4.11. The predicted octanol–water partition coefficient (Wildman–Crippen LogP) is 1.34. The monoisotopic (exact) mass is 411 g/mol. The average Bonchev–Trinajstić information content (AvgIpc) is 3.27. The number of nitrogens with zero attached hydrogens (tertiary/aromatic N) is 5. The third kappa shape index (κ3) is 4.14. The van der Waals surface area contributed by atoms with Crippen molar-refractivity contribution in [2.45, 2.75) is 12.8 Å². The van der Waals surface area contributed by atoms with Gasteiger partial charge in [-0.05, 0) is 11.1 Å². The van der Waals surface area contributed by atoms with Gasteiger partial charge in [-0.1, -0.05) is 77.1 Å². The molecule has 0 saturated carbocycles. The van der Waals surface area contributed by atoms with Gasteiger partial charge in [0.1, 0.15) is 5.10 Å². The molecule has 3 aromatic rings. The number of thiazole rings is 1. The second-order valence-electron chi connectivity index (χ2n) is 5.37. The first-order chi connectivity index (χ1) is 11.9. The van der Waals surface area contributed by atoms with E-state index < -0.39 is 0 Å². The van der Waals surface area contributed by atoms with Gasteiger partial charge in [0.2, 0.25) is 5.13 Å². The molecule has 2 heterocycles. The van der Waals surface area contributed by atoms with Crippen molar-refractivity contribution < 1.29 is 17.0 Å². The first-order valence-corrected chi connectivity index (χ1v) is 8.43. The van der Waals surface area contributed by atoms with E-state index >= 15 is 0 Å². The van der Waals surface area contributed by atoms with Gasteiger partial charge in [0.05, 0.1) is 5.69 Å². The lowest BCUT2D eigenvalue weighted by molar-refractivity contribution is -0.00000485. The van der Waals surface area contributed by atoms with Crippen molar-refractivity contribution >= 4 is 22.8 Å². The van der Waals surface area contributed by atoms with Gasteiger partial charge in [-0.15, -0.1) is 0 Å². The van der Waals surface area contributed by atoms with Crippen LogP contribution in [0.3, 0.4) is 0 Å². The van der Waals surface area contributed by atoms with Crippen LogP contribution in [0, 0.1) is 0 Å². The second kappa shape index (κ2) is 8.07. The molecule has 2 aromatic carbocycles. The van der Waals surface area contributed by atoms with Crippen molar-refractivity contribution in [3.8, 4) is 0 Å². The zero-order chi connectivity index (χ0) is 16.2. The number of hydrogen-bond acceptors (Lipinski definition) is 6. The Bertz CT molecular complexity index is 806. The molecule has 1 aromatic heterocycles. The third-order valence-electron chi connectivity index (χ3n) is 3.67. The number of anilines is 1. The summed E-state index contributed by atoms with van der Waals surface area (Å²) in [4.78, 5) is 5.96. The fourth-order valence-electron chi connectivity index (χ4n) is 2.53. The molecule has 5 nitrogen and oxygen atoms in total. The van der Waals surface area contributed by atoms with Crippen molar-refractivity contribution in [2.24, 2.45) is 15.4 Å². The van der Waals surface area contributed by atoms with Gasteiger partial charge in [0.15, 0.2) is 5.11 Å². The molecule has 1 aliphatic rings. The molecule has 0 fully saturated rings. The molecule has 0 radical (unpaired) electrons. The summed E-state index contributed by atoms with van der Waals surface area (Å²) in [6.45, 7) is 0. The summed E-state index contributed by atoms with van der Waals surface area (Å²) in [5.74, 6) is 0. The number of hydrazone groups is 1. The Morgan fingerprint density at radius 3 is 2.12 bits per heavy atom. The smallest absolute Gasteiger partial charge is 0.599 e. The number of hydrogen-bond donors (Lipinski definition) is 0. The molecule has 0 N–H and O–H groups in total. The topological polar surface area (TPSA) is 53.2 Å². The van der Waals surface area contributed by atoms with E-state index in [1.807, 2.05) is 24.3 Å². The fraction of sp³-hybridized carbons (Fsp3) is 0.111. The first kappa shape index (κ1) is 17.4. The maximum absolute atomic E-state index is 4.74. The van der Waals surface area contributed by atoms with E-state index in [4.69, 9.17) is 4.98 Å². The quantitative estimate of drug-likeness (QED) is 0.594. The largest absolute Gasteiger partial charge is 1.00 e. The highest BCUT2D eigenvalue weighted by Crippen LogP contribution is 2.31. The van der Waals surface area contributed by atoms with Crippen LogP contribution in [0.1, 0.15) is 21.7 Å². The molecular formula is C18H14BrN5S. The van der Waals surface area contributed by atoms with Gasteiger partial charge < -0.3 is 17.0 Å². The van der Waals surface area contributed by atoms with Crippen molar-refractivity contribution in [3.63, 3.8) is 0 Å². The van der Waals surface area contributed by atoms with Crippen LogP contribution in [-0.4, -0.2) is 11.3 Å². The maximum Gasteiger partial charge on any atom is 0.599 e. The van der Waals surface area contributed by atoms with Gasteiger partial charge in [-0.25, -0.2) is 4.98 Å². The van der Waals surface area contributed by atoms with Gasteiger partial charge in [-0.3, -0.25) is 0 Å². The van der Waals surface area contributed by atoms with E-state index in [1.54, 1.807) is 11.3 Å². The van der Waals surface area contributed by atoms with Crippen LogP contribution in [0.25, 0.3) is 0 Å². The van der Waals surface area contributed by atoms with E-state index in [-0.39, 0.29) is 17.0 Å². The number of benzene rings is 2. The van der Waals surface area contributed by atoms with Gasteiger partial charge >= 0.3 is 6.34 Å². The molecule has 0 saturated heterocycles. The third-order valence-corrected chi connectivity index (χ3v) is 4.74. The summed E-state index contributed by atoms with van der Waals surface area (Å²) in [5.41, 5.74) is 3.56. The number of aromatic nitrogens is 1. The highest BCUT2D eigenvalue weighted by atomic mass is 79.9. The lowest BCUT2D eigenvalue weighted by atomic mass is 10.1. The molecule has 0 unspecified atom stereocenters. The van der Waals surface area contributed by atoms with Crippen LogP contribution >= 0.6 is 11.3 Å². The van der Waals surface area contributed by atoms with E-state index in [0.717, 1.165) is 23.7 Å². The highest BCUT2D eigenvalue weighted by molar-refractivity contribution is 7.15. The number of rotatable bonds is 5. The van der Waals surface area contributed by atoms with Crippen LogP contribution < -0.4 is 22.1 Å². The maximum atomic E-state index is 4.74. The standard InChI is InChI=1S/C18H14N5S.BrH/c1-3-7-14(8-4-1)11-16-17(12-15-9-5-2-6-10-15)24-18(21-16)23-20-13-19-22-23;/h1-10H,11-12H2;1H/q+1;/p-1. The Hall–Kier alpha value is -2.47. The predicted molar refractivity (Wildman–Crippen MR) is 95.4 cm³/mol. The highest BCUT2D eigenvalue weighted by Gasteiger charge is 2.23. The average molecular weight is 412 g/mol. The van der Waals surface area contributed by atoms with Gasteiger partial charge in [0, 0.05) is 22.9 Å². The summed E-state index contributed by atoms with van der Waals surface area (Å²) in [5, 5.41) is 13.7. The second-order valence-corrected chi connectivity index (χ2v) is 6.43. The minimum Gasteiger partial charge on any atom is -1.00 e. The van der Waals surface area contributed by atoms with Crippen LogP contribution in [0.5, 0.6) is 0 Å². The Labute approximate surface area is 160 Å². The molecule has 0 spiro atoms. The lowest BCUT2D eigenvalue weighted by Gasteiger charge is -2.03. The number of halogens is 1. The minimum atomic E-state index is 0. The molecule has 7 heteroatoms. The minimum absolute atomic E-state index is 0. The van der Waals surface area contributed by atoms with E-state index in [9.17, 15) is 0 Å². The Kier molecular flexibility index (Phi) is 5.60. The lowest BCUT2D eigenvalue weighted by Crippen LogP contribution is -3.00. The van der Waals surface area contributed by atoms with Crippen LogP contribution in [0.15, 0.2) is 76.1 Å². The summed E-state index contributed by atoms with van der Waals surface area (Å²) < 4.78 is 0. The van der Waals surface area contributed by atoms with Crippen LogP contribution in [-0.2, 0) is 12.8 Å². The summed E-state index contributed by atoms with van der Waals surface area (Å²) in [7, 11) is 0. The molecule has 1 aliphatic heterocycles. The zero-order valence-corrected chi connectivity index (χ0v) is 15.6. The van der Waals surface area contributed by atoms with E-state index in [0.29, 0.717) is 0 Å². The molecule has 0 aliphatic carbocycles. The molecule has 0 bridgehead atoms. The summed E-state index contributed by atoms with van der Waals surface area (Å²) >= 11 is 1.60. The Balaban J connectivity index is 0.00000182. The SMILES string of the molecule is [Br-].[C+]1=NN(c2nc(Cc3ccccc3)c(Cc3ccccc3)s2)N=N1. The molecule has 4 rings (SSSR count). The molecule has 0 atom stereocenters. The van der Waals surface area contributed by atoms with E-state index in [2.05, 4.69) is 58.2 Å². The van der Waals surface area contributed by atoms with Crippen molar-refractivity contribution in [2.75, 3.05) is 5.12 Å². The van der Waals surface area contributed by atoms with Crippen LogP contribution in [0.2, 0.25) is 0 Å². The van der Waals surface area contributed by atoms with E-state index in [1.165, 1.54) is 21.1 Å². The normalized spacial score (nSPS) is 12.1. The van der Waals surface area contributed by atoms with Crippen LogP contribution in [0.4, 0.5) is 5.13 Å². The van der Waals surface area contributed by atoms with Gasteiger partial charge in [-0.2, -0.15) is 0 Å². The van der Waals surface area contributed by atoms with Crippen molar-refractivity contribution in [1.82, 2.24) is 4.98 Å². The molecular weight excluding hydrogens is 398 g/mol.